The molecule has 0 fully saturated rings. The average Bonchev–Trinajstić information content (AvgIpc) is 2.12. The van der Waals surface area contributed by atoms with Gasteiger partial charge in [0, 0.05) is 13.2 Å². The minimum absolute atomic E-state index is 0.00280. The zero-order chi connectivity index (χ0) is 11.0. The fourth-order valence-corrected chi connectivity index (χ4v) is 1.62. The highest BCUT2D eigenvalue weighted by Gasteiger charge is 2.19. The molecule has 0 aliphatic heterocycles. The minimum atomic E-state index is -0.00280. The summed E-state index contributed by atoms with van der Waals surface area (Å²) in [7, 11) is 1.78. The average molecular weight is 201 g/mol. The molecule has 86 valence electrons. The lowest BCUT2D eigenvalue weighted by atomic mass is 10.00. The zero-order valence-corrected chi connectivity index (χ0v) is 10.5. The predicted octanol–water partition coefficient (Wildman–Crippen LogP) is 2.97. The Labute approximate surface area is 89.4 Å². The molecule has 1 N–H and O–H groups in total. The van der Waals surface area contributed by atoms with E-state index >= 15 is 0 Å². The van der Waals surface area contributed by atoms with Crippen LogP contribution in [0.5, 0.6) is 0 Å². The summed E-state index contributed by atoms with van der Waals surface area (Å²) < 4.78 is 5.40. The Hall–Kier alpha value is -0.0800. The maximum atomic E-state index is 5.40. The summed E-state index contributed by atoms with van der Waals surface area (Å²) in [6.45, 7) is 9.87. The second-order valence-electron chi connectivity index (χ2n) is 4.73. The first kappa shape index (κ1) is 13.9. The van der Waals surface area contributed by atoms with Crippen molar-refractivity contribution in [2.75, 3.05) is 13.7 Å². The quantitative estimate of drug-likeness (QED) is 0.610. The predicted molar refractivity (Wildman–Crippen MR) is 62.7 cm³/mol. The number of ether oxygens (including phenoxy) is 1. The van der Waals surface area contributed by atoms with Gasteiger partial charge in [-0.25, -0.2) is 0 Å². The van der Waals surface area contributed by atoms with Crippen LogP contribution in [0, 0.1) is 0 Å². The molecule has 1 atom stereocenters. The Kier molecular flexibility index (Phi) is 7.20. The Balaban J connectivity index is 3.49. The van der Waals surface area contributed by atoms with E-state index in [4.69, 9.17) is 4.74 Å². The van der Waals surface area contributed by atoms with Crippen molar-refractivity contribution in [2.24, 2.45) is 0 Å². The summed E-state index contributed by atoms with van der Waals surface area (Å²) in [5.41, 5.74) is -0.00280. The number of rotatable bonds is 8. The maximum Gasteiger partial charge on any atom is 0.0637 e. The monoisotopic (exact) mass is 201 g/mol. The van der Waals surface area contributed by atoms with Crippen molar-refractivity contribution in [2.45, 2.75) is 65.0 Å². The van der Waals surface area contributed by atoms with Gasteiger partial charge in [0.1, 0.15) is 0 Å². The number of nitrogens with one attached hydrogen (secondary N) is 1. The molecule has 2 nitrogen and oxygen atoms in total. The van der Waals surface area contributed by atoms with Gasteiger partial charge in [0.25, 0.3) is 0 Å². The van der Waals surface area contributed by atoms with Gasteiger partial charge in [0.05, 0.1) is 5.60 Å². The standard InChI is InChI=1S/C12H27NO/c1-6-7-8-9-13-11(2)10-12(3,4)14-5/h11,13H,6-10H2,1-5H3. The lowest BCUT2D eigenvalue weighted by molar-refractivity contribution is 0.00860. The van der Waals surface area contributed by atoms with Crippen molar-refractivity contribution in [1.82, 2.24) is 5.32 Å². The van der Waals surface area contributed by atoms with E-state index < -0.39 is 0 Å². The SMILES string of the molecule is CCCCCNC(C)CC(C)(C)OC. The molecule has 0 aliphatic carbocycles. The molecule has 14 heavy (non-hydrogen) atoms. The highest BCUT2D eigenvalue weighted by atomic mass is 16.5. The molecule has 0 aromatic rings. The zero-order valence-electron chi connectivity index (χ0n) is 10.5. The third-order valence-electron chi connectivity index (χ3n) is 2.62. The van der Waals surface area contributed by atoms with Crippen LogP contribution in [0.1, 0.15) is 53.4 Å². The van der Waals surface area contributed by atoms with E-state index in [9.17, 15) is 0 Å². The summed E-state index contributed by atoms with van der Waals surface area (Å²) in [5, 5.41) is 3.53. The number of unbranched alkanes of at least 4 members (excludes halogenated alkanes) is 2. The van der Waals surface area contributed by atoms with E-state index in [0.717, 1.165) is 13.0 Å². The van der Waals surface area contributed by atoms with Gasteiger partial charge in [0.15, 0.2) is 0 Å². The van der Waals surface area contributed by atoms with Gasteiger partial charge in [0.2, 0.25) is 0 Å². The van der Waals surface area contributed by atoms with Crippen LogP contribution < -0.4 is 5.32 Å². The van der Waals surface area contributed by atoms with E-state index in [2.05, 4.69) is 33.0 Å². The third kappa shape index (κ3) is 7.34. The van der Waals surface area contributed by atoms with Gasteiger partial charge in [-0.15, -0.1) is 0 Å². The molecular formula is C12H27NO. The van der Waals surface area contributed by atoms with E-state index in [1.165, 1.54) is 19.3 Å². The van der Waals surface area contributed by atoms with Crippen LogP contribution in [-0.4, -0.2) is 25.3 Å². The van der Waals surface area contributed by atoms with Crippen LogP contribution in [0.15, 0.2) is 0 Å². The highest BCUT2D eigenvalue weighted by molar-refractivity contribution is 4.75. The number of hydrogen-bond donors (Lipinski definition) is 1. The summed E-state index contributed by atoms with van der Waals surface area (Å²) >= 11 is 0. The van der Waals surface area contributed by atoms with Crippen molar-refractivity contribution in [3.8, 4) is 0 Å². The van der Waals surface area contributed by atoms with E-state index in [0.29, 0.717) is 6.04 Å². The van der Waals surface area contributed by atoms with Crippen molar-refractivity contribution >= 4 is 0 Å². The van der Waals surface area contributed by atoms with Crippen LogP contribution in [0.4, 0.5) is 0 Å². The van der Waals surface area contributed by atoms with Crippen LogP contribution in [-0.2, 0) is 4.74 Å². The Morgan fingerprint density at radius 2 is 1.93 bits per heavy atom. The van der Waals surface area contributed by atoms with Crippen molar-refractivity contribution in [3.63, 3.8) is 0 Å². The fraction of sp³-hybridized carbons (Fsp3) is 1.00. The lowest BCUT2D eigenvalue weighted by Crippen LogP contribution is -2.36. The van der Waals surface area contributed by atoms with E-state index in [1.807, 2.05) is 0 Å². The molecule has 1 unspecified atom stereocenters. The second-order valence-corrected chi connectivity index (χ2v) is 4.73. The van der Waals surface area contributed by atoms with Crippen molar-refractivity contribution in [1.29, 1.82) is 0 Å². The Morgan fingerprint density at radius 3 is 2.43 bits per heavy atom. The van der Waals surface area contributed by atoms with Gasteiger partial charge in [-0.2, -0.15) is 0 Å². The molecule has 0 amide bonds. The fourth-order valence-electron chi connectivity index (χ4n) is 1.62. The smallest absolute Gasteiger partial charge is 0.0637 e. The topological polar surface area (TPSA) is 21.3 Å². The molecule has 0 radical (unpaired) electrons. The summed E-state index contributed by atoms with van der Waals surface area (Å²) in [4.78, 5) is 0. The van der Waals surface area contributed by atoms with Gasteiger partial charge >= 0.3 is 0 Å². The molecule has 0 saturated carbocycles. The Morgan fingerprint density at radius 1 is 1.29 bits per heavy atom. The van der Waals surface area contributed by atoms with E-state index in [1.54, 1.807) is 7.11 Å². The molecular weight excluding hydrogens is 174 g/mol. The molecule has 0 rings (SSSR count). The second kappa shape index (κ2) is 7.24. The summed E-state index contributed by atoms with van der Waals surface area (Å²) in [5.74, 6) is 0. The molecule has 0 saturated heterocycles. The first-order valence-corrected chi connectivity index (χ1v) is 5.80. The van der Waals surface area contributed by atoms with Gasteiger partial charge in [-0.3, -0.25) is 0 Å². The molecule has 0 aliphatic rings. The van der Waals surface area contributed by atoms with Crippen LogP contribution in [0.3, 0.4) is 0 Å². The molecule has 2 heteroatoms. The normalized spacial score (nSPS) is 14.4. The van der Waals surface area contributed by atoms with Crippen molar-refractivity contribution < 1.29 is 4.74 Å². The molecule has 0 heterocycles. The maximum absolute atomic E-state index is 5.40. The number of hydrogen-bond acceptors (Lipinski definition) is 2. The number of methoxy groups -OCH3 is 1. The summed E-state index contributed by atoms with van der Waals surface area (Å²) in [6.07, 6.45) is 4.97. The first-order chi connectivity index (χ1) is 6.52. The van der Waals surface area contributed by atoms with Gasteiger partial charge in [-0.1, -0.05) is 19.8 Å². The van der Waals surface area contributed by atoms with Crippen molar-refractivity contribution in [3.05, 3.63) is 0 Å². The first-order valence-electron chi connectivity index (χ1n) is 5.80. The van der Waals surface area contributed by atoms with Gasteiger partial charge in [-0.05, 0) is 40.2 Å². The molecule has 0 aromatic heterocycles. The minimum Gasteiger partial charge on any atom is -0.379 e. The van der Waals surface area contributed by atoms with Crippen LogP contribution in [0.25, 0.3) is 0 Å². The van der Waals surface area contributed by atoms with Crippen LogP contribution in [0.2, 0.25) is 0 Å². The lowest BCUT2D eigenvalue weighted by Gasteiger charge is -2.27. The van der Waals surface area contributed by atoms with E-state index in [-0.39, 0.29) is 5.60 Å². The van der Waals surface area contributed by atoms with Crippen LogP contribution >= 0.6 is 0 Å². The third-order valence-corrected chi connectivity index (χ3v) is 2.62. The molecule has 0 aromatic carbocycles. The Bertz CT molecular complexity index is 134. The summed E-state index contributed by atoms with van der Waals surface area (Å²) in [6, 6.07) is 0.543. The van der Waals surface area contributed by atoms with Gasteiger partial charge < -0.3 is 10.1 Å². The molecule has 0 spiro atoms. The molecule has 0 bridgehead atoms. The largest absolute Gasteiger partial charge is 0.379 e. The highest BCUT2D eigenvalue weighted by Crippen LogP contribution is 2.15.